The highest BCUT2D eigenvalue weighted by molar-refractivity contribution is 5.53. The van der Waals surface area contributed by atoms with Crippen LogP contribution in [0, 0.1) is 11.3 Å². The summed E-state index contributed by atoms with van der Waals surface area (Å²) in [6.45, 7) is 4.67. The van der Waals surface area contributed by atoms with Crippen molar-refractivity contribution in [2.24, 2.45) is 11.3 Å². The summed E-state index contributed by atoms with van der Waals surface area (Å²) in [4.78, 5) is 0. The molecule has 0 saturated carbocycles. The molecule has 0 nitrogen and oxygen atoms in total. The smallest absolute Gasteiger partial charge is 0.0243 e. The largest absolute Gasteiger partial charge is 0.0804 e. The number of allylic oxidation sites excluding steroid dienone is 12. The molecule has 3 aliphatic rings. The molecule has 0 saturated heterocycles. The maximum atomic E-state index is 2.35. The first-order chi connectivity index (χ1) is 8.19. The maximum absolute atomic E-state index is 2.35. The molecule has 17 heavy (non-hydrogen) atoms. The second kappa shape index (κ2) is 3.73. The van der Waals surface area contributed by atoms with Crippen LogP contribution < -0.4 is 0 Å². The van der Waals surface area contributed by atoms with Crippen molar-refractivity contribution in [2.45, 2.75) is 20.3 Å². The molecule has 0 heteroatoms. The van der Waals surface area contributed by atoms with E-state index in [0.29, 0.717) is 5.92 Å². The minimum absolute atomic E-state index is 0.144. The van der Waals surface area contributed by atoms with Crippen molar-refractivity contribution >= 4 is 0 Å². The van der Waals surface area contributed by atoms with E-state index in [1.807, 2.05) is 0 Å². The van der Waals surface area contributed by atoms with Gasteiger partial charge in [-0.05, 0) is 23.1 Å². The van der Waals surface area contributed by atoms with Crippen molar-refractivity contribution in [2.75, 3.05) is 0 Å². The molecule has 1 atom stereocenters. The predicted octanol–water partition coefficient (Wildman–Crippen LogP) is 4.51. The quantitative estimate of drug-likeness (QED) is 0.645. The van der Waals surface area contributed by atoms with E-state index in [1.54, 1.807) is 0 Å². The van der Waals surface area contributed by atoms with Crippen LogP contribution in [0.15, 0.2) is 71.4 Å². The summed E-state index contributed by atoms with van der Waals surface area (Å²) in [6.07, 6.45) is 21.4. The third-order valence-corrected chi connectivity index (χ3v) is 4.07. The fraction of sp³-hybridized carbons (Fsp3) is 0.294. The minimum atomic E-state index is 0.144. The van der Waals surface area contributed by atoms with Gasteiger partial charge < -0.3 is 0 Å². The third kappa shape index (κ3) is 1.59. The lowest BCUT2D eigenvalue weighted by Gasteiger charge is -2.32. The molecule has 86 valence electrons. The molecule has 0 heterocycles. The first kappa shape index (κ1) is 10.6. The normalized spacial score (nSPS) is 25.8. The molecule has 0 fully saturated rings. The van der Waals surface area contributed by atoms with Gasteiger partial charge in [-0.3, -0.25) is 0 Å². The Morgan fingerprint density at radius 1 is 1.12 bits per heavy atom. The van der Waals surface area contributed by atoms with E-state index in [4.69, 9.17) is 0 Å². The van der Waals surface area contributed by atoms with Crippen LogP contribution in [0.4, 0.5) is 0 Å². The van der Waals surface area contributed by atoms with Gasteiger partial charge in [0, 0.05) is 11.3 Å². The lowest BCUT2D eigenvalue weighted by Crippen LogP contribution is -2.21. The number of hydrogen-bond acceptors (Lipinski definition) is 0. The summed E-state index contributed by atoms with van der Waals surface area (Å²) in [5.74, 6) is 0.491. The molecular formula is C17H18. The summed E-state index contributed by atoms with van der Waals surface area (Å²) >= 11 is 0. The molecule has 0 amide bonds. The standard InChI is InChI=1S/C17H18/c1-17(2,14-8-4-5-9-14)16-12-11-13-7-3-6-10-15(13)16/h3-4,6-12,15H,5H2,1-2H3. The van der Waals surface area contributed by atoms with Crippen molar-refractivity contribution in [1.29, 1.82) is 0 Å². The van der Waals surface area contributed by atoms with Crippen LogP contribution in [-0.4, -0.2) is 0 Å². The SMILES string of the molecule is CC(C)(C1=CCC=C1)C1=CC=C2C=CC=CC21. The molecule has 3 aliphatic carbocycles. The Kier molecular flexibility index (Phi) is 2.32. The predicted molar refractivity (Wildman–Crippen MR) is 73.6 cm³/mol. The Bertz CT molecular complexity index is 516. The lowest BCUT2D eigenvalue weighted by atomic mass is 9.71. The van der Waals surface area contributed by atoms with E-state index >= 15 is 0 Å². The highest BCUT2D eigenvalue weighted by Crippen LogP contribution is 2.46. The lowest BCUT2D eigenvalue weighted by molar-refractivity contribution is 0.517. The molecule has 0 aliphatic heterocycles. The van der Waals surface area contributed by atoms with E-state index in [1.165, 1.54) is 16.7 Å². The Labute approximate surface area is 103 Å². The number of rotatable bonds is 2. The molecule has 0 bridgehead atoms. The van der Waals surface area contributed by atoms with Crippen molar-refractivity contribution in [3.63, 3.8) is 0 Å². The van der Waals surface area contributed by atoms with Gasteiger partial charge in [0.25, 0.3) is 0 Å². The van der Waals surface area contributed by atoms with Crippen molar-refractivity contribution in [1.82, 2.24) is 0 Å². The topological polar surface area (TPSA) is 0 Å². The summed E-state index contributed by atoms with van der Waals surface area (Å²) in [6, 6.07) is 0. The van der Waals surface area contributed by atoms with Gasteiger partial charge in [0.05, 0.1) is 0 Å². The Balaban J connectivity index is 1.94. The van der Waals surface area contributed by atoms with Crippen molar-refractivity contribution in [3.05, 3.63) is 71.4 Å². The average Bonchev–Trinajstić information content (AvgIpc) is 2.99. The highest BCUT2D eigenvalue weighted by atomic mass is 14.4. The molecule has 0 N–H and O–H groups in total. The van der Waals surface area contributed by atoms with E-state index in [-0.39, 0.29) is 5.41 Å². The van der Waals surface area contributed by atoms with Crippen LogP contribution in [0.1, 0.15) is 20.3 Å². The zero-order chi connectivity index (χ0) is 11.9. The second-order valence-electron chi connectivity index (χ2n) is 5.43. The molecule has 0 spiro atoms. The van der Waals surface area contributed by atoms with E-state index in [9.17, 15) is 0 Å². The maximum Gasteiger partial charge on any atom is 0.0243 e. The monoisotopic (exact) mass is 222 g/mol. The van der Waals surface area contributed by atoms with Crippen LogP contribution in [-0.2, 0) is 0 Å². The first-order valence-electron chi connectivity index (χ1n) is 6.34. The fourth-order valence-electron chi connectivity index (χ4n) is 2.97. The minimum Gasteiger partial charge on any atom is -0.0804 e. The average molecular weight is 222 g/mol. The zero-order valence-corrected chi connectivity index (χ0v) is 10.5. The third-order valence-electron chi connectivity index (χ3n) is 4.07. The summed E-state index contributed by atoms with van der Waals surface area (Å²) in [5.41, 5.74) is 4.55. The van der Waals surface area contributed by atoms with Crippen molar-refractivity contribution in [3.8, 4) is 0 Å². The van der Waals surface area contributed by atoms with Crippen LogP contribution in [0.5, 0.6) is 0 Å². The van der Waals surface area contributed by atoms with Gasteiger partial charge in [-0.2, -0.15) is 0 Å². The van der Waals surface area contributed by atoms with Gasteiger partial charge in [0.15, 0.2) is 0 Å². The van der Waals surface area contributed by atoms with E-state index in [0.717, 1.165) is 6.42 Å². The van der Waals surface area contributed by atoms with Crippen LogP contribution in [0.25, 0.3) is 0 Å². The molecule has 0 radical (unpaired) electrons. The summed E-state index contributed by atoms with van der Waals surface area (Å²) in [5, 5.41) is 0. The van der Waals surface area contributed by atoms with Crippen LogP contribution in [0.3, 0.4) is 0 Å². The van der Waals surface area contributed by atoms with Gasteiger partial charge in [-0.25, -0.2) is 0 Å². The van der Waals surface area contributed by atoms with Gasteiger partial charge in [-0.1, -0.05) is 68.5 Å². The Morgan fingerprint density at radius 3 is 2.76 bits per heavy atom. The van der Waals surface area contributed by atoms with Gasteiger partial charge >= 0.3 is 0 Å². The molecule has 1 unspecified atom stereocenters. The van der Waals surface area contributed by atoms with E-state index < -0.39 is 0 Å². The summed E-state index contributed by atoms with van der Waals surface area (Å²) in [7, 11) is 0. The van der Waals surface area contributed by atoms with Crippen LogP contribution >= 0.6 is 0 Å². The van der Waals surface area contributed by atoms with Gasteiger partial charge in [0.1, 0.15) is 0 Å². The Morgan fingerprint density at radius 2 is 2.00 bits per heavy atom. The Hall–Kier alpha value is -1.56. The van der Waals surface area contributed by atoms with Crippen LogP contribution in [0.2, 0.25) is 0 Å². The molecule has 0 aromatic carbocycles. The first-order valence-corrected chi connectivity index (χ1v) is 6.34. The van der Waals surface area contributed by atoms with E-state index in [2.05, 4.69) is 68.5 Å². The van der Waals surface area contributed by atoms with Crippen molar-refractivity contribution < 1.29 is 0 Å². The van der Waals surface area contributed by atoms with Gasteiger partial charge in [-0.15, -0.1) is 0 Å². The molecule has 3 rings (SSSR count). The second-order valence-corrected chi connectivity index (χ2v) is 5.43. The number of fused-ring (bicyclic) bond motifs is 1. The molecule has 0 aromatic rings. The zero-order valence-electron chi connectivity index (χ0n) is 10.5. The fourth-order valence-corrected chi connectivity index (χ4v) is 2.97. The number of hydrogen-bond donors (Lipinski definition) is 0. The highest BCUT2D eigenvalue weighted by Gasteiger charge is 2.34. The molecular weight excluding hydrogens is 204 g/mol. The van der Waals surface area contributed by atoms with Gasteiger partial charge in [0.2, 0.25) is 0 Å². The molecule has 0 aromatic heterocycles. The summed E-state index contributed by atoms with van der Waals surface area (Å²) < 4.78 is 0.